The van der Waals surface area contributed by atoms with E-state index >= 15 is 0 Å². The normalized spacial score (nSPS) is 17.2. The van der Waals surface area contributed by atoms with Gasteiger partial charge in [-0.05, 0) is 20.1 Å². The molecule has 1 rings (SSSR count). The quantitative estimate of drug-likeness (QED) is 0.710. The SMILES string of the molecule is CCN(CC)CC(=O)N1CCN(C(=O)C(C)CNC)CC1. The van der Waals surface area contributed by atoms with Gasteiger partial charge < -0.3 is 15.1 Å². The number of likely N-dealkylation sites (N-methyl/N-ethyl adjacent to an activating group) is 1. The number of nitrogens with one attached hydrogen (secondary N) is 1. The van der Waals surface area contributed by atoms with Gasteiger partial charge in [-0.25, -0.2) is 0 Å². The maximum absolute atomic E-state index is 12.2. The fourth-order valence-electron chi connectivity index (χ4n) is 2.62. The standard InChI is InChI=1S/C15H30N4O2/c1-5-17(6-2)12-14(20)18-7-9-19(10-8-18)15(21)13(3)11-16-4/h13,16H,5-12H2,1-4H3. The third-order valence-corrected chi connectivity index (χ3v) is 4.13. The molecule has 1 unspecified atom stereocenters. The van der Waals surface area contributed by atoms with Crippen LogP contribution >= 0.6 is 0 Å². The highest BCUT2D eigenvalue weighted by atomic mass is 16.2. The summed E-state index contributed by atoms with van der Waals surface area (Å²) in [7, 11) is 1.85. The number of hydrogen-bond acceptors (Lipinski definition) is 4. The molecule has 1 aliphatic rings. The van der Waals surface area contributed by atoms with E-state index in [1.807, 2.05) is 23.8 Å². The van der Waals surface area contributed by atoms with Gasteiger partial charge in [0.15, 0.2) is 0 Å². The van der Waals surface area contributed by atoms with Crippen molar-refractivity contribution in [1.29, 1.82) is 0 Å². The average Bonchev–Trinajstić information content (AvgIpc) is 2.52. The molecule has 1 aliphatic heterocycles. The molecule has 1 atom stereocenters. The van der Waals surface area contributed by atoms with Crippen molar-refractivity contribution in [1.82, 2.24) is 20.0 Å². The molecule has 0 aromatic rings. The van der Waals surface area contributed by atoms with Crippen LogP contribution in [0.25, 0.3) is 0 Å². The van der Waals surface area contributed by atoms with E-state index in [1.54, 1.807) is 0 Å². The predicted molar refractivity (Wildman–Crippen MR) is 84.0 cm³/mol. The molecule has 0 saturated carbocycles. The van der Waals surface area contributed by atoms with Gasteiger partial charge >= 0.3 is 0 Å². The van der Waals surface area contributed by atoms with Crippen molar-refractivity contribution in [2.45, 2.75) is 20.8 Å². The minimum atomic E-state index is -0.00655. The Morgan fingerprint density at radius 3 is 2.10 bits per heavy atom. The van der Waals surface area contributed by atoms with Crippen LogP contribution in [0.4, 0.5) is 0 Å². The molecule has 2 amide bonds. The van der Waals surface area contributed by atoms with Crippen molar-refractivity contribution in [2.24, 2.45) is 5.92 Å². The summed E-state index contributed by atoms with van der Waals surface area (Å²) in [5.41, 5.74) is 0. The summed E-state index contributed by atoms with van der Waals surface area (Å²) in [6, 6.07) is 0. The number of amides is 2. The van der Waals surface area contributed by atoms with Gasteiger partial charge in [0.05, 0.1) is 6.54 Å². The zero-order chi connectivity index (χ0) is 15.8. The number of hydrogen-bond donors (Lipinski definition) is 1. The maximum atomic E-state index is 12.2. The molecule has 122 valence electrons. The van der Waals surface area contributed by atoms with Crippen LogP contribution in [0.15, 0.2) is 0 Å². The Bertz CT molecular complexity index is 337. The third-order valence-electron chi connectivity index (χ3n) is 4.13. The second kappa shape index (κ2) is 9.00. The van der Waals surface area contributed by atoms with E-state index in [4.69, 9.17) is 0 Å². The number of carbonyl (C=O) groups excluding carboxylic acids is 2. The number of rotatable bonds is 7. The Balaban J connectivity index is 2.41. The van der Waals surface area contributed by atoms with E-state index in [0.717, 1.165) is 13.1 Å². The van der Waals surface area contributed by atoms with E-state index in [0.29, 0.717) is 39.3 Å². The molecule has 0 aromatic carbocycles. The van der Waals surface area contributed by atoms with Crippen LogP contribution in [0.2, 0.25) is 0 Å². The molecule has 0 spiro atoms. The van der Waals surface area contributed by atoms with Crippen molar-refractivity contribution in [3.05, 3.63) is 0 Å². The van der Waals surface area contributed by atoms with Crippen LogP contribution in [0.1, 0.15) is 20.8 Å². The summed E-state index contributed by atoms with van der Waals surface area (Å²) >= 11 is 0. The molecule has 21 heavy (non-hydrogen) atoms. The van der Waals surface area contributed by atoms with Crippen LogP contribution in [-0.2, 0) is 9.59 Å². The van der Waals surface area contributed by atoms with Gasteiger partial charge in [-0.1, -0.05) is 20.8 Å². The molecule has 6 nitrogen and oxygen atoms in total. The van der Waals surface area contributed by atoms with Crippen molar-refractivity contribution >= 4 is 11.8 Å². The van der Waals surface area contributed by atoms with Crippen LogP contribution in [0.3, 0.4) is 0 Å². The molecule has 0 bridgehead atoms. The van der Waals surface area contributed by atoms with E-state index in [9.17, 15) is 9.59 Å². The van der Waals surface area contributed by atoms with Gasteiger partial charge in [-0.2, -0.15) is 0 Å². The lowest BCUT2D eigenvalue weighted by molar-refractivity contribution is -0.142. The minimum absolute atomic E-state index is 0.00655. The first kappa shape index (κ1) is 17.9. The maximum Gasteiger partial charge on any atom is 0.236 e. The van der Waals surface area contributed by atoms with Gasteiger partial charge in [0.25, 0.3) is 0 Å². The topological polar surface area (TPSA) is 55.9 Å². The van der Waals surface area contributed by atoms with Crippen molar-refractivity contribution in [3.8, 4) is 0 Å². The lowest BCUT2D eigenvalue weighted by Crippen LogP contribution is -2.54. The molecule has 0 aliphatic carbocycles. The zero-order valence-electron chi connectivity index (χ0n) is 13.9. The Morgan fingerprint density at radius 2 is 1.62 bits per heavy atom. The van der Waals surface area contributed by atoms with Crippen molar-refractivity contribution in [2.75, 3.05) is 59.4 Å². The lowest BCUT2D eigenvalue weighted by Gasteiger charge is -2.36. The van der Waals surface area contributed by atoms with E-state index in [2.05, 4.69) is 24.1 Å². The highest BCUT2D eigenvalue weighted by molar-refractivity contribution is 5.80. The largest absolute Gasteiger partial charge is 0.339 e. The molecule has 0 radical (unpaired) electrons. The highest BCUT2D eigenvalue weighted by Crippen LogP contribution is 2.08. The number of piperazine rings is 1. The minimum Gasteiger partial charge on any atom is -0.339 e. The molecule has 1 fully saturated rings. The molecule has 1 N–H and O–H groups in total. The molecule has 0 aromatic heterocycles. The first-order valence-corrected chi connectivity index (χ1v) is 7.96. The predicted octanol–water partition coefficient (Wildman–Crippen LogP) is -0.145. The Kier molecular flexibility index (Phi) is 7.67. The Morgan fingerprint density at radius 1 is 1.10 bits per heavy atom. The first-order valence-electron chi connectivity index (χ1n) is 7.96. The molecule has 6 heteroatoms. The summed E-state index contributed by atoms with van der Waals surface area (Å²) in [6.45, 7) is 11.6. The second-order valence-electron chi connectivity index (χ2n) is 5.63. The van der Waals surface area contributed by atoms with E-state index < -0.39 is 0 Å². The van der Waals surface area contributed by atoms with Gasteiger partial charge in [0, 0.05) is 38.6 Å². The smallest absolute Gasteiger partial charge is 0.236 e. The number of nitrogens with zero attached hydrogens (tertiary/aromatic N) is 3. The first-order chi connectivity index (χ1) is 10.0. The lowest BCUT2D eigenvalue weighted by atomic mass is 10.1. The fourth-order valence-corrected chi connectivity index (χ4v) is 2.62. The summed E-state index contributed by atoms with van der Waals surface area (Å²) in [5, 5.41) is 3.03. The van der Waals surface area contributed by atoms with E-state index in [-0.39, 0.29) is 17.7 Å². The second-order valence-corrected chi connectivity index (χ2v) is 5.63. The fraction of sp³-hybridized carbons (Fsp3) is 0.867. The third kappa shape index (κ3) is 5.28. The van der Waals surface area contributed by atoms with Gasteiger partial charge in [0.1, 0.15) is 0 Å². The summed E-state index contributed by atoms with van der Waals surface area (Å²) in [5.74, 6) is 0.349. The van der Waals surface area contributed by atoms with Crippen LogP contribution in [0.5, 0.6) is 0 Å². The molecule has 1 saturated heterocycles. The highest BCUT2D eigenvalue weighted by Gasteiger charge is 2.26. The van der Waals surface area contributed by atoms with Gasteiger partial charge in [-0.3, -0.25) is 14.5 Å². The van der Waals surface area contributed by atoms with Crippen molar-refractivity contribution in [3.63, 3.8) is 0 Å². The summed E-state index contributed by atoms with van der Waals surface area (Å²) in [4.78, 5) is 30.3. The van der Waals surface area contributed by atoms with E-state index in [1.165, 1.54) is 0 Å². The number of carbonyl (C=O) groups is 2. The molecular weight excluding hydrogens is 268 g/mol. The zero-order valence-corrected chi connectivity index (χ0v) is 13.9. The molecular formula is C15H30N4O2. The van der Waals surface area contributed by atoms with Crippen LogP contribution in [-0.4, -0.2) is 85.9 Å². The molecule has 1 heterocycles. The Labute approximate surface area is 128 Å². The average molecular weight is 298 g/mol. The van der Waals surface area contributed by atoms with Crippen LogP contribution < -0.4 is 5.32 Å². The van der Waals surface area contributed by atoms with Crippen molar-refractivity contribution < 1.29 is 9.59 Å². The summed E-state index contributed by atoms with van der Waals surface area (Å²) < 4.78 is 0. The summed E-state index contributed by atoms with van der Waals surface area (Å²) in [6.07, 6.45) is 0. The monoisotopic (exact) mass is 298 g/mol. The Hall–Kier alpha value is -1.14. The van der Waals surface area contributed by atoms with Gasteiger partial charge in [-0.15, -0.1) is 0 Å². The van der Waals surface area contributed by atoms with Gasteiger partial charge in [0.2, 0.25) is 11.8 Å². The van der Waals surface area contributed by atoms with Crippen LogP contribution in [0, 0.1) is 5.92 Å².